The van der Waals surface area contributed by atoms with E-state index in [1.165, 1.54) is 47.6 Å². The summed E-state index contributed by atoms with van der Waals surface area (Å²) in [6.45, 7) is 3.18. The van der Waals surface area contributed by atoms with Crippen LogP contribution in [0.2, 0.25) is 0 Å². The van der Waals surface area contributed by atoms with Crippen molar-refractivity contribution in [3.63, 3.8) is 0 Å². The molecule has 2 aromatic rings. The molecule has 5 fully saturated rings. The van der Waals surface area contributed by atoms with Crippen LogP contribution in [0.15, 0.2) is 41.2 Å². The Balaban J connectivity index is 1.25. The van der Waals surface area contributed by atoms with Crippen molar-refractivity contribution in [1.82, 2.24) is 14.4 Å². The lowest BCUT2D eigenvalue weighted by Crippen LogP contribution is -2.70. The van der Waals surface area contributed by atoms with E-state index in [1.54, 1.807) is 19.2 Å². The SMILES string of the molecule is Cn1c(C(=O)N2CC3CC45CCC2C3C42CCN(CC3CC3)C5Cc3ccc(O)cc32)cccc1=O. The fourth-order valence-electron chi connectivity index (χ4n) is 10.1. The van der Waals surface area contributed by atoms with E-state index in [0.717, 1.165) is 44.7 Å². The van der Waals surface area contributed by atoms with Crippen molar-refractivity contribution < 1.29 is 9.90 Å². The normalized spacial score (nSPS) is 38.1. The van der Waals surface area contributed by atoms with E-state index in [4.69, 9.17) is 0 Å². The maximum Gasteiger partial charge on any atom is 0.270 e. The third-order valence-corrected chi connectivity index (χ3v) is 11.4. The first kappa shape index (κ1) is 21.5. The number of aromatic nitrogens is 1. The number of carbonyl (C=O) groups excluding carboxylic acids is 1. The highest BCUT2D eigenvalue weighted by atomic mass is 16.3. The number of piperidine rings is 1. The van der Waals surface area contributed by atoms with Crippen molar-refractivity contribution in [2.45, 2.75) is 62.4 Å². The van der Waals surface area contributed by atoms with E-state index in [9.17, 15) is 14.7 Å². The van der Waals surface area contributed by atoms with Gasteiger partial charge in [-0.05, 0) is 104 Å². The standard InChI is InChI=1S/C30H35N3O3/c1-31-24(3-2-4-26(31)35)28(36)33-17-20-15-29-10-9-23(33)27(20)30(29)11-12-32(16-18-5-6-18)25(29)13-19-7-8-21(34)14-22(19)30/h2-4,7-8,14,18,20,23,25,27,34H,5-6,9-13,15-17H2,1H3. The average molecular weight is 486 g/mol. The largest absolute Gasteiger partial charge is 0.508 e. The first-order chi connectivity index (χ1) is 17.4. The molecular weight excluding hydrogens is 450 g/mol. The molecule has 3 saturated carbocycles. The highest BCUT2D eigenvalue weighted by Gasteiger charge is 2.76. The zero-order chi connectivity index (χ0) is 24.4. The molecule has 0 radical (unpaired) electrons. The molecule has 6 unspecified atom stereocenters. The summed E-state index contributed by atoms with van der Waals surface area (Å²) in [6, 6.07) is 12.0. The molecule has 6 atom stereocenters. The Morgan fingerprint density at radius 2 is 2.00 bits per heavy atom. The molecule has 36 heavy (non-hydrogen) atoms. The van der Waals surface area contributed by atoms with Gasteiger partial charge in [-0.1, -0.05) is 12.1 Å². The number of phenols is 1. The first-order valence-electron chi connectivity index (χ1n) is 14.0. The topological polar surface area (TPSA) is 65.8 Å². The monoisotopic (exact) mass is 485 g/mol. The second-order valence-corrected chi connectivity index (χ2v) is 12.7. The quantitative estimate of drug-likeness (QED) is 0.725. The van der Waals surface area contributed by atoms with Gasteiger partial charge in [-0.3, -0.25) is 14.5 Å². The molecule has 0 spiro atoms. The number of fused-ring (bicyclic) bond motifs is 1. The molecule has 3 heterocycles. The van der Waals surface area contributed by atoms with Gasteiger partial charge in [0.25, 0.3) is 11.5 Å². The van der Waals surface area contributed by atoms with E-state index in [-0.39, 0.29) is 28.3 Å². The second kappa shape index (κ2) is 7.03. The number of rotatable bonds is 3. The summed E-state index contributed by atoms with van der Waals surface area (Å²) in [7, 11) is 1.71. The van der Waals surface area contributed by atoms with Gasteiger partial charge in [0.15, 0.2) is 0 Å². The molecule has 188 valence electrons. The Morgan fingerprint density at radius 3 is 2.83 bits per heavy atom. The number of phenolic OH excluding ortho intramolecular Hbond substituents is 1. The summed E-state index contributed by atoms with van der Waals surface area (Å²) < 4.78 is 1.50. The number of likely N-dealkylation sites (tertiary alicyclic amines) is 2. The van der Waals surface area contributed by atoms with Crippen molar-refractivity contribution >= 4 is 5.91 Å². The van der Waals surface area contributed by atoms with E-state index in [1.807, 2.05) is 6.07 Å². The van der Waals surface area contributed by atoms with Crippen molar-refractivity contribution in [3.8, 4) is 5.75 Å². The molecule has 6 heteroatoms. The van der Waals surface area contributed by atoms with Crippen molar-refractivity contribution in [2.75, 3.05) is 19.6 Å². The molecular formula is C30H35N3O3. The first-order valence-corrected chi connectivity index (χ1v) is 14.0. The van der Waals surface area contributed by atoms with Gasteiger partial charge in [0.05, 0.1) is 0 Å². The number of amides is 1. The van der Waals surface area contributed by atoms with Crippen LogP contribution < -0.4 is 5.56 Å². The zero-order valence-corrected chi connectivity index (χ0v) is 21.0. The highest BCUT2D eigenvalue weighted by Crippen LogP contribution is 2.75. The van der Waals surface area contributed by atoms with Gasteiger partial charge < -0.3 is 14.6 Å². The van der Waals surface area contributed by atoms with Crippen LogP contribution in [0.3, 0.4) is 0 Å². The fraction of sp³-hybridized carbons (Fsp3) is 0.600. The number of hydrogen-bond donors (Lipinski definition) is 1. The van der Waals surface area contributed by atoms with Gasteiger partial charge in [-0.25, -0.2) is 0 Å². The lowest BCUT2D eigenvalue weighted by atomic mass is 9.43. The summed E-state index contributed by atoms with van der Waals surface area (Å²) in [6.07, 6.45) is 8.41. The number of nitrogens with zero attached hydrogens (tertiary/aromatic N) is 3. The molecule has 2 aliphatic heterocycles. The van der Waals surface area contributed by atoms with Crippen LogP contribution in [0.1, 0.15) is 60.1 Å². The van der Waals surface area contributed by atoms with Gasteiger partial charge in [0, 0.05) is 43.7 Å². The van der Waals surface area contributed by atoms with E-state index >= 15 is 0 Å². The Morgan fingerprint density at radius 1 is 1.14 bits per heavy atom. The molecule has 1 N–H and O–H groups in total. The van der Waals surface area contributed by atoms with E-state index in [2.05, 4.69) is 21.9 Å². The number of aromatic hydroxyl groups is 1. The molecule has 4 bridgehead atoms. The van der Waals surface area contributed by atoms with Gasteiger partial charge >= 0.3 is 0 Å². The Hall–Kier alpha value is -2.60. The van der Waals surface area contributed by atoms with E-state index in [0.29, 0.717) is 29.3 Å². The van der Waals surface area contributed by atoms with Crippen LogP contribution in [-0.2, 0) is 18.9 Å². The zero-order valence-electron chi connectivity index (χ0n) is 21.0. The third-order valence-electron chi connectivity index (χ3n) is 11.4. The number of benzene rings is 1. The summed E-state index contributed by atoms with van der Waals surface area (Å²) >= 11 is 0. The van der Waals surface area contributed by atoms with Crippen LogP contribution in [0.25, 0.3) is 0 Å². The minimum atomic E-state index is -0.135. The van der Waals surface area contributed by atoms with Crippen LogP contribution >= 0.6 is 0 Å². The summed E-state index contributed by atoms with van der Waals surface area (Å²) in [4.78, 5) is 31.1. The minimum absolute atomic E-state index is 0.00756. The molecule has 2 saturated heterocycles. The van der Waals surface area contributed by atoms with Gasteiger partial charge in [0.2, 0.25) is 0 Å². The smallest absolute Gasteiger partial charge is 0.270 e. The number of pyridine rings is 1. The summed E-state index contributed by atoms with van der Waals surface area (Å²) in [5, 5.41) is 10.6. The Bertz CT molecular complexity index is 1350. The van der Waals surface area contributed by atoms with Gasteiger partial charge in [0.1, 0.15) is 11.4 Å². The van der Waals surface area contributed by atoms with Crippen LogP contribution in [0, 0.1) is 23.2 Å². The maximum atomic E-state index is 13.9. The average Bonchev–Trinajstić information content (AvgIpc) is 3.56. The molecule has 1 aromatic carbocycles. The Labute approximate surface area is 211 Å². The second-order valence-electron chi connectivity index (χ2n) is 12.7. The predicted molar refractivity (Wildman–Crippen MR) is 136 cm³/mol. The molecule has 1 aromatic heterocycles. The van der Waals surface area contributed by atoms with Crippen LogP contribution in [-0.4, -0.2) is 57.1 Å². The van der Waals surface area contributed by atoms with Crippen LogP contribution in [0.5, 0.6) is 5.75 Å². The molecule has 6 nitrogen and oxygen atoms in total. The highest BCUT2D eigenvalue weighted by molar-refractivity contribution is 5.93. The molecule has 8 rings (SSSR count). The summed E-state index contributed by atoms with van der Waals surface area (Å²) in [5.41, 5.74) is 3.46. The van der Waals surface area contributed by atoms with Gasteiger partial charge in [-0.2, -0.15) is 0 Å². The Kier molecular flexibility index (Phi) is 4.20. The number of carbonyl (C=O) groups is 1. The molecule has 4 aliphatic carbocycles. The fourth-order valence-corrected chi connectivity index (χ4v) is 10.1. The maximum absolute atomic E-state index is 13.9. The van der Waals surface area contributed by atoms with Crippen LogP contribution in [0.4, 0.5) is 0 Å². The van der Waals surface area contributed by atoms with E-state index < -0.39 is 0 Å². The number of hydrogen-bond acceptors (Lipinski definition) is 4. The lowest BCUT2D eigenvalue weighted by molar-refractivity contribution is -0.102. The summed E-state index contributed by atoms with van der Waals surface area (Å²) in [5.74, 6) is 2.19. The molecule has 6 aliphatic rings. The predicted octanol–water partition coefficient (Wildman–Crippen LogP) is 3.31. The lowest BCUT2D eigenvalue weighted by Gasteiger charge is -2.66. The van der Waals surface area contributed by atoms with Gasteiger partial charge in [-0.15, -0.1) is 0 Å². The molecule has 1 amide bonds. The van der Waals surface area contributed by atoms with Crippen molar-refractivity contribution in [3.05, 3.63) is 63.6 Å². The minimum Gasteiger partial charge on any atom is -0.508 e. The van der Waals surface area contributed by atoms with Crippen molar-refractivity contribution in [1.29, 1.82) is 0 Å². The third kappa shape index (κ3) is 2.52. The van der Waals surface area contributed by atoms with Crippen molar-refractivity contribution in [2.24, 2.45) is 30.2 Å².